The first-order valence-electron chi connectivity index (χ1n) is 13.1. The van der Waals surface area contributed by atoms with Crippen LogP contribution in [-0.4, -0.2) is 22.8 Å². The van der Waals surface area contributed by atoms with Gasteiger partial charge in [0.2, 0.25) is 0 Å². The molecule has 0 aromatic heterocycles. The Labute approximate surface area is 184 Å². The van der Waals surface area contributed by atoms with E-state index >= 15 is 0 Å². The minimum Gasteiger partial charge on any atom is -0.397 e. The Morgan fingerprint density at radius 1 is 0.517 bits per heavy atom. The van der Waals surface area contributed by atoms with Gasteiger partial charge in [0, 0.05) is 25.3 Å². The lowest BCUT2D eigenvalue weighted by Crippen LogP contribution is -2.58. The van der Waals surface area contributed by atoms with Crippen LogP contribution in [0.4, 0.5) is 0 Å². The molecule has 2 fully saturated rings. The van der Waals surface area contributed by atoms with Crippen molar-refractivity contribution in [3.8, 4) is 0 Å². The summed E-state index contributed by atoms with van der Waals surface area (Å²) < 4.78 is 13.3. The molecule has 0 heterocycles. The van der Waals surface area contributed by atoms with Gasteiger partial charge in [-0.15, -0.1) is 0 Å². The predicted molar refractivity (Wildman–Crippen MR) is 128 cm³/mol. The number of rotatable bonds is 10. The van der Waals surface area contributed by atoms with Crippen molar-refractivity contribution >= 4 is 8.56 Å². The molecular weight excluding hydrogens is 372 g/mol. The highest BCUT2D eigenvalue weighted by atomic mass is 28.4. The first-order valence-corrected chi connectivity index (χ1v) is 15.1. The van der Waals surface area contributed by atoms with E-state index in [1.165, 1.54) is 64.2 Å². The highest BCUT2D eigenvalue weighted by Gasteiger charge is 2.59. The smallest absolute Gasteiger partial charge is 0.344 e. The van der Waals surface area contributed by atoms with Crippen LogP contribution in [0.25, 0.3) is 0 Å². The fourth-order valence-corrected chi connectivity index (χ4v) is 13.6. The lowest BCUT2D eigenvalue weighted by Gasteiger charge is -2.54. The summed E-state index contributed by atoms with van der Waals surface area (Å²) in [6.45, 7) is 14.5. The van der Waals surface area contributed by atoms with Crippen LogP contribution in [0.5, 0.6) is 0 Å². The molecule has 0 amide bonds. The van der Waals surface area contributed by atoms with E-state index in [-0.39, 0.29) is 0 Å². The van der Waals surface area contributed by atoms with E-state index in [0.717, 1.165) is 35.5 Å². The van der Waals surface area contributed by atoms with Crippen molar-refractivity contribution in [3.63, 3.8) is 0 Å². The van der Waals surface area contributed by atoms with Gasteiger partial charge in [0.1, 0.15) is 0 Å². The van der Waals surface area contributed by atoms with Crippen LogP contribution in [0.2, 0.25) is 11.1 Å². The maximum Gasteiger partial charge on any atom is 0.344 e. The molecule has 0 radical (unpaired) electrons. The maximum absolute atomic E-state index is 6.67. The first kappa shape index (κ1) is 25.4. The third-order valence-corrected chi connectivity index (χ3v) is 14.4. The minimum atomic E-state index is -2.31. The van der Waals surface area contributed by atoms with Gasteiger partial charge in [-0.3, -0.25) is 0 Å². The molecule has 0 aromatic rings. The van der Waals surface area contributed by atoms with Crippen LogP contribution < -0.4 is 0 Å². The van der Waals surface area contributed by atoms with Crippen molar-refractivity contribution in [2.24, 2.45) is 35.5 Å². The van der Waals surface area contributed by atoms with Gasteiger partial charge in [0.25, 0.3) is 0 Å². The van der Waals surface area contributed by atoms with Crippen molar-refractivity contribution in [1.82, 2.24) is 0 Å². The molecule has 2 nitrogen and oxygen atoms in total. The van der Waals surface area contributed by atoms with Crippen molar-refractivity contribution in [3.05, 3.63) is 0 Å². The Hall–Kier alpha value is 0.137. The predicted octanol–water partition coefficient (Wildman–Crippen LogP) is 8.21. The van der Waals surface area contributed by atoms with E-state index in [2.05, 4.69) is 41.5 Å². The van der Waals surface area contributed by atoms with Crippen molar-refractivity contribution in [2.45, 2.75) is 117 Å². The van der Waals surface area contributed by atoms with Gasteiger partial charge in [-0.1, -0.05) is 92.9 Å². The highest BCUT2D eigenvalue weighted by Crippen LogP contribution is 2.59. The molecule has 0 saturated heterocycles. The zero-order valence-corrected chi connectivity index (χ0v) is 22.0. The lowest BCUT2D eigenvalue weighted by molar-refractivity contribution is 0.0731. The molecule has 8 atom stereocenters. The van der Waals surface area contributed by atoms with E-state index in [4.69, 9.17) is 8.85 Å². The second-order valence-corrected chi connectivity index (χ2v) is 13.9. The first-order chi connectivity index (χ1) is 14.0. The summed E-state index contributed by atoms with van der Waals surface area (Å²) in [5, 5.41) is 0. The standard InChI is InChI=1S/C26H52O2Si/c1-9-19-15-17-25(23(13-5)21(19)11-3)29(27-7,28-8)26-18-16-20(10-2)22(12-4)24(26)14-6/h19-26H,9-18H2,1-8H3. The summed E-state index contributed by atoms with van der Waals surface area (Å²) in [4.78, 5) is 0. The molecule has 2 aliphatic rings. The summed E-state index contributed by atoms with van der Waals surface area (Å²) in [6.07, 6.45) is 13.3. The van der Waals surface area contributed by atoms with Crippen molar-refractivity contribution in [2.75, 3.05) is 14.2 Å². The SMILES string of the molecule is CCC1CCC([Si](OC)(OC)C2CCC(CC)C(CC)C2CC)C(CC)C1CC. The number of hydrogen-bond acceptors (Lipinski definition) is 2. The second kappa shape index (κ2) is 11.7. The molecule has 29 heavy (non-hydrogen) atoms. The Morgan fingerprint density at radius 2 is 0.862 bits per heavy atom. The average molecular weight is 425 g/mol. The molecular formula is C26H52O2Si. The average Bonchev–Trinajstić information content (AvgIpc) is 2.78. The van der Waals surface area contributed by atoms with Gasteiger partial charge in [-0.05, 0) is 48.3 Å². The van der Waals surface area contributed by atoms with E-state index in [9.17, 15) is 0 Å². The normalized spacial score (nSPS) is 38.9. The van der Waals surface area contributed by atoms with E-state index in [1.807, 2.05) is 14.2 Å². The quantitative estimate of drug-likeness (QED) is 0.329. The maximum atomic E-state index is 6.67. The highest BCUT2D eigenvalue weighted by molar-refractivity contribution is 6.70. The molecule has 0 bridgehead atoms. The van der Waals surface area contributed by atoms with E-state index < -0.39 is 8.56 Å². The van der Waals surface area contributed by atoms with Gasteiger partial charge in [-0.25, -0.2) is 0 Å². The third-order valence-electron chi connectivity index (χ3n) is 9.65. The summed E-state index contributed by atoms with van der Waals surface area (Å²) in [6, 6.07) is 0. The van der Waals surface area contributed by atoms with Gasteiger partial charge in [0.05, 0.1) is 0 Å². The lowest BCUT2D eigenvalue weighted by atomic mass is 9.68. The summed E-state index contributed by atoms with van der Waals surface area (Å²) in [5.74, 6) is 5.09. The topological polar surface area (TPSA) is 18.5 Å². The molecule has 3 heteroatoms. The number of hydrogen-bond donors (Lipinski definition) is 0. The fraction of sp³-hybridized carbons (Fsp3) is 1.00. The van der Waals surface area contributed by atoms with Crippen LogP contribution in [0, 0.1) is 35.5 Å². The van der Waals surface area contributed by atoms with Gasteiger partial charge in [0.15, 0.2) is 0 Å². The van der Waals surface area contributed by atoms with Gasteiger partial charge >= 0.3 is 8.56 Å². The Kier molecular flexibility index (Phi) is 10.2. The monoisotopic (exact) mass is 424 g/mol. The second-order valence-electron chi connectivity index (χ2n) is 10.1. The molecule has 2 saturated carbocycles. The fourth-order valence-electron chi connectivity index (χ4n) is 8.36. The van der Waals surface area contributed by atoms with Crippen LogP contribution >= 0.6 is 0 Å². The molecule has 2 aliphatic carbocycles. The van der Waals surface area contributed by atoms with Gasteiger partial charge < -0.3 is 8.85 Å². The third kappa shape index (κ3) is 4.67. The van der Waals surface area contributed by atoms with E-state index in [0.29, 0.717) is 11.1 Å². The zero-order chi connectivity index (χ0) is 21.6. The molecule has 0 spiro atoms. The Bertz CT molecular complexity index is 426. The molecule has 0 aromatic carbocycles. The Balaban J connectivity index is 2.43. The largest absolute Gasteiger partial charge is 0.397 e. The molecule has 2 rings (SSSR count). The van der Waals surface area contributed by atoms with Crippen LogP contribution in [0.1, 0.15) is 106 Å². The van der Waals surface area contributed by atoms with Crippen molar-refractivity contribution in [1.29, 1.82) is 0 Å². The van der Waals surface area contributed by atoms with Crippen molar-refractivity contribution < 1.29 is 8.85 Å². The Morgan fingerprint density at radius 3 is 1.10 bits per heavy atom. The minimum absolute atomic E-state index is 0.671. The van der Waals surface area contributed by atoms with Crippen LogP contribution in [0.15, 0.2) is 0 Å². The molecule has 8 unspecified atom stereocenters. The van der Waals surface area contributed by atoms with E-state index in [1.54, 1.807) is 0 Å². The van der Waals surface area contributed by atoms with Crippen LogP contribution in [-0.2, 0) is 8.85 Å². The zero-order valence-electron chi connectivity index (χ0n) is 21.0. The van der Waals surface area contributed by atoms with Crippen LogP contribution in [0.3, 0.4) is 0 Å². The summed E-state index contributed by atoms with van der Waals surface area (Å²) >= 11 is 0. The van der Waals surface area contributed by atoms with Gasteiger partial charge in [-0.2, -0.15) is 0 Å². The molecule has 0 N–H and O–H groups in total. The molecule has 0 aliphatic heterocycles. The molecule has 172 valence electrons. The summed E-state index contributed by atoms with van der Waals surface area (Å²) in [5.41, 5.74) is 1.34. The summed E-state index contributed by atoms with van der Waals surface area (Å²) in [7, 11) is 1.71.